The fourth-order valence-corrected chi connectivity index (χ4v) is 3.48. The molecule has 18 heavy (non-hydrogen) atoms. The van der Waals surface area contributed by atoms with E-state index < -0.39 is 0 Å². The molecule has 0 amide bonds. The molecular formula is C13H11BrClFOS. The first-order valence-electron chi connectivity index (χ1n) is 5.25. The average molecular weight is 350 g/mol. The van der Waals surface area contributed by atoms with E-state index in [9.17, 15) is 4.39 Å². The van der Waals surface area contributed by atoms with E-state index in [4.69, 9.17) is 16.3 Å². The fourth-order valence-electron chi connectivity index (χ4n) is 1.70. The van der Waals surface area contributed by atoms with Crippen LogP contribution in [-0.4, -0.2) is 7.11 Å². The number of halogens is 3. The highest BCUT2D eigenvalue weighted by Crippen LogP contribution is 2.40. The molecule has 1 unspecified atom stereocenters. The lowest BCUT2D eigenvalue weighted by atomic mass is 10.1. The molecule has 0 N–H and O–H groups in total. The van der Waals surface area contributed by atoms with E-state index in [0.29, 0.717) is 10.2 Å². The van der Waals surface area contributed by atoms with Crippen LogP contribution in [0.2, 0.25) is 0 Å². The molecule has 0 saturated heterocycles. The molecule has 2 rings (SSSR count). The lowest BCUT2D eigenvalue weighted by molar-refractivity contribution is 0.406. The molecule has 1 nitrogen and oxygen atoms in total. The average Bonchev–Trinajstić information content (AvgIpc) is 2.77. The second-order valence-electron chi connectivity index (χ2n) is 3.84. The van der Waals surface area contributed by atoms with Gasteiger partial charge >= 0.3 is 0 Å². The van der Waals surface area contributed by atoms with Crippen molar-refractivity contribution in [3.63, 3.8) is 0 Å². The van der Waals surface area contributed by atoms with Crippen LogP contribution >= 0.6 is 38.9 Å². The van der Waals surface area contributed by atoms with E-state index in [0.717, 1.165) is 16.0 Å². The number of hydrogen-bond acceptors (Lipinski definition) is 2. The molecule has 0 radical (unpaired) electrons. The molecule has 0 spiro atoms. The minimum Gasteiger partial charge on any atom is -0.496 e. The molecule has 0 aliphatic carbocycles. The normalized spacial score (nSPS) is 12.5. The van der Waals surface area contributed by atoms with Gasteiger partial charge in [-0.1, -0.05) is 0 Å². The van der Waals surface area contributed by atoms with Gasteiger partial charge in [-0.25, -0.2) is 4.39 Å². The Morgan fingerprint density at radius 3 is 2.72 bits per heavy atom. The third-order valence-corrected chi connectivity index (χ3v) is 4.95. The van der Waals surface area contributed by atoms with Crippen LogP contribution in [0.25, 0.3) is 0 Å². The van der Waals surface area contributed by atoms with Crippen molar-refractivity contribution in [1.29, 1.82) is 0 Å². The predicted molar refractivity (Wildman–Crippen MR) is 77.4 cm³/mol. The molecule has 0 saturated carbocycles. The summed E-state index contributed by atoms with van der Waals surface area (Å²) < 4.78 is 19.1. The monoisotopic (exact) mass is 348 g/mol. The van der Waals surface area contributed by atoms with Crippen LogP contribution in [0.4, 0.5) is 4.39 Å². The van der Waals surface area contributed by atoms with Gasteiger partial charge in [-0.15, -0.1) is 22.9 Å². The van der Waals surface area contributed by atoms with Gasteiger partial charge in [0.25, 0.3) is 0 Å². The number of rotatable bonds is 3. The van der Waals surface area contributed by atoms with Gasteiger partial charge in [0.05, 0.1) is 17.0 Å². The Morgan fingerprint density at radius 1 is 1.44 bits per heavy atom. The molecule has 96 valence electrons. The molecule has 1 heterocycles. The number of methoxy groups -OCH3 is 1. The molecular weight excluding hydrogens is 339 g/mol. The molecule has 2 aromatic rings. The molecule has 0 bridgehead atoms. The van der Waals surface area contributed by atoms with Crippen LogP contribution in [0.5, 0.6) is 5.75 Å². The highest BCUT2D eigenvalue weighted by molar-refractivity contribution is 9.10. The molecule has 5 heteroatoms. The summed E-state index contributed by atoms with van der Waals surface area (Å²) >= 11 is 11.2. The minimum atomic E-state index is -0.359. The molecule has 1 atom stereocenters. The van der Waals surface area contributed by atoms with Crippen LogP contribution in [-0.2, 0) is 0 Å². The van der Waals surface area contributed by atoms with E-state index in [1.807, 2.05) is 18.4 Å². The standard InChI is InChI=1S/C13H11BrClFOS/c1-7-3-4-18-13(7)12(15)8-5-9(14)10(16)6-11(8)17-2/h3-6,12H,1-2H3. The first kappa shape index (κ1) is 13.8. The third kappa shape index (κ3) is 2.56. The number of alkyl halides is 1. The van der Waals surface area contributed by atoms with Gasteiger partial charge in [-0.3, -0.25) is 0 Å². The van der Waals surface area contributed by atoms with Gasteiger partial charge in [-0.05, 0) is 45.9 Å². The van der Waals surface area contributed by atoms with Crippen molar-refractivity contribution in [3.8, 4) is 5.75 Å². The lowest BCUT2D eigenvalue weighted by Crippen LogP contribution is -1.98. The Bertz CT molecular complexity index is 570. The van der Waals surface area contributed by atoms with Crippen molar-refractivity contribution < 1.29 is 9.13 Å². The van der Waals surface area contributed by atoms with Crippen LogP contribution in [0.3, 0.4) is 0 Å². The Kier molecular flexibility index (Phi) is 4.30. The zero-order valence-electron chi connectivity index (χ0n) is 9.84. The summed E-state index contributed by atoms with van der Waals surface area (Å²) in [6.45, 7) is 2.01. The second kappa shape index (κ2) is 5.59. The van der Waals surface area contributed by atoms with Crippen LogP contribution < -0.4 is 4.74 Å². The topological polar surface area (TPSA) is 9.23 Å². The first-order chi connectivity index (χ1) is 8.54. The zero-order chi connectivity index (χ0) is 13.3. The number of ether oxygens (including phenoxy) is 1. The maximum atomic E-state index is 13.5. The molecule has 0 aliphatic heterocycles. The van der Waals surface area contributed by atoms with E-state index in [1.54, 1.807) is 17.4 Å². The predicted octanol–water partition coefficient (Wildman–Crippen LogP) is 5.29. The van der Waals surface area contributed by atoms with E-state index >= 15 is 0 Å². The summed E-state index contributed by atoms with van der Waals surface area (Å²) in [4.78, 5) is 1.05. The lowest BCUT2D eigenvalue weighted by Gasteiger charge is -2.14. The van der Waals surface area contributed by atoms with Gasteiger partial charge in [-0.2, -0.15) is 0 Å². The van der Waals surface area contributed by atoms with Crippen molar-refractivity contribution >= 4 is 38.9 Å². The summed E-state index contributed by atoms with van der Waals surface area (Å²) in [6, 6.07) is 5.03. The van der Waals surface area contributed by atoms with Gasteiger partial charge in [0.15, 0.2) is 0 Å². The van der Waals surface area contributed by atoms with E-state index in [1.165, 1.54) is 13.2 Å². The largest absolute Gasteiger partial charge is 0.496 e. The number of benzene rings is 1. The second-order valence-corrected chi connectivity index (χ2v) is 6.08. The Morgan fingerprint density at radius 2 is 2.17 bits per heavy atom. The SMILES string of the molecule is COc1cc(F)c(Br)cc1C(Cl)c1sccc1C. The Labute approximate surface area is 123 Å². The Hall–Kier alpha value is -0.580. The Balaban J connectivity index is 2.50. The minimum absolute atomic E-state index is 0.336. The third-order valence-electron chi connectivity index (χ3n) is 2.68. The number of hydrogen-bond donors (Lipinski definition) is 0. The zero-order valence-corrected chi connectivity index (χ0v) is 13.0. The molecule has 0 aliphatic rings. The number of thiophene rings is 1. The van der Waals surface area contributed by atoms with Gasteiger partial charge in [0.2, 0.25) is 0 Å². The summed E-state index contributed by atoms with van der Waals surface area (Å²) in [6.07, 6.45) is 0. The molecule has 1 aromatic heterocycles. The fraction of sp³-hybridized carbons (Fsp3) is 0.231. The summed E-state index contributed by atoms with van der Waals surface area (Å²) in [5.41, 5.74) is 1.89. The maximum Gasteiger partial charge on any atom is 0.141 e. The summed E-state index contributed by atoms with van der Waals surface area (Å²) in [5.74, 6) is 0.103. The van der Waals surface area contributed by atoms with Crippen LogP contribution in [0.1, 0.15) is 21.4 Å². The van der Waals surface area contributed by atoms with Crippen LogP contribution in [0, 0.1) is 12.7 Å². The highest BCUT2D eigenvalue weighted by atomic mass is 79.9. The van der Waals surface area contributed by atoms with Gasteiger partial charge < -0.3 is 4.74 Å². The summed E-state index contributed by atoms with van der Waals surface area (Å²) in [5, 5.41) is 1.65. The van der Waals surface area contributed by atoms with E-state index in [-0.39, 0.29) is 11.2 Å². The molecule has 1 aromatic carbocycles. The first-order valence-corrected chi connectivity index (χ1v) is 7.36. The van der Waals surface area contributed by atoms with Crippen LogP contribution in [0.15, 0.2) is 28.1 Å². The maximum absolute atomic E-state index is 13.5. The smallest absolute Gasteiger partial charge is 0.141 e. The summed E-state index contributed by atoms with van der Waals surface area (Å²) in [7, 11) is 1.51. The van der Waals surface area contributed by atoms with Gasteiger partial charge in [0, 0.05) is 16.5 Å². The quantitative estimate of drug-likeness (QED) is 0.684. The van der Waals surface area contributed by atoms with Gasteiger partial charge in [0.1, 0.15) is 11.6 Å². The van der Waals surface area contributed by atoms with Crippen molar-refractivity contribution in [2.45, 2.75) is 12.3 Å². The van der Waals surface area contributed by atoms with Crippen molar-refractivity contribution in [3.05, 3.63) is 49.9 Å². The highest BCUT2D eigenvalue weighted by Gasteiger charge is 2.20. The number of aryl methyl sites for hydroxylation is 1. The van der Waals surface area contributed by atoms with Crippen molar-refractivity contribution in [1.82, 2.24) is 0 Å². The van der Waals surface area contributed by atoms with E-state index in [2.05, 4.69) is 15.9 Å². The van der Waals surface area contributed by atoms with Crippen molar-refractivity contribution in [2.24, 2.45) is 0 Å². The van der Waals surface area contributed by atoms with Crippen molar-refractivity contribution in [2.75, 3.05) is 7.11 Å². The molecule has 0 fully saturated rings.